The molecule has 5 heterocycles. The molecule has 0 bridgehead atoms. The average molecular weight is 587 g/mol. The lowest BCUT2D eigenvalue weighted by Crippen LogP contribution is -2.44. The van der Waals surface area contributed by atoms with Crippen LogP contribution in [0.3, 0.4) is 0 Å². The summed E-state index contributed by atoms with van der Waals surface area (Å²) >= 11 is 6.72. The minimum atomic E-state index is -0.0130. The molecule has 3 aromatic rings. The number of carbonyl (C=O) groups is 1. The van der Waals surface area contributed by atoms with Crippen LogP contribution < -0.4 is 14.5 Å². The van der Waals surface area contributed by atoms with E-state index in [4.69, 9.17) is 26.3 Å². The van der Waals surface area contributed by atoms with E-state index in [0.717, 1.165) is 72.0 Å². The van der Waals surface area contributed by atoms with Gasteiger partial charge < -0.3 is 19.4 Å². The van der Waals surface area contributed by atoms with Gasteiger partial charge in [0.2, 0.25) is 5.91 Å². The Morgan fingerprint density at radius 1 is 1.14 bits per heavy atom. The number of amides is 1. The molecule has 1 amide bonds. The summed E-state index contributed by atoms with van der Waals surface area (Å²) in [7, 11) is 2.10. The maximum atomic E-state index is 12.3. The van der Waals surface area contributed by atoms with E-state index in [1.807, 2.05) is 17.0 Å². The summed E-state index contributed by atoms with van der Waals surface area (Å²) in [4.78, 5) is 31.6. The lowest BCUT2D eigenvalue weighted by Gasteiger charge is -2.35. The number of carbonyl (C=O) groups excluding carboxylic acids is 1. The first-order valence-electron chi connectivity index (χ1n) is 15.3. The molecule has 1 unspecified atom stereocenters. The van der Waals surface area contributed by atoms with E-state index < -0.39 is 0 Å². The molecule has 3 fully saturated rings. The van der Waals surface area contributed by atoms with Gasteiger partial charge in [0.15, 0.2) is 0 Å². The van der Waals surface area contributed by atoms with Crippen LogP contribution in [0.5, 0.6) is 6.01 Å². The molecule has 220 valence electrons. The lowest BCUT2D eigenvalue weighted by atomic mass is 9.95. The SMILES string of the molecule is C=CC(=O)N1CCC(N(C)c2nc(OCC34CCCN3CCC4)nc3c2CCN(c2cccc4cccc(Cl)c24)C3)C1. The Morgan fingerprint density at radius 2 is 1.93 bits per heavy atom. The summed E-state index contributed by atoms with van der Waals surface area (Å²) in [6.45, 7) is 9.50. The smallest absolute Gasteiger partial charge is 0.318 e. The number of hydrogen-bond donors (Lipinski definition) is 0. The second kappa shape index (κ2) is 11.0. The molecule has 42 heavy (non-hydrogen) atoms. The van der Waals surface area contributed by atoms with Crippen molar-refractivity contribution >= 4 is 39.8 Å². The maximum Gasteiger partial charge on any atom is 0.318 e. The van der Waals surface area contributed by atoms with Crippen LogP contribution in [0.25, 0.3) is 10.8 Å². The molecule has 0 saturated carbocycles. The molecular weight excluding hydrogens is 548 g/mol. The normalized spacial score (nSPS) is 21.4. The van der Waals surface area contributed by atoms with Crippen molar-refractivity contribution in [2.45, 2.75) is 56.7 Å². The monoisotopic (exact) mass is 586 g/mol. The molecule has 0 N–H and O–H groups in total. The molecule has 7 rings (SSSR count). The zero-order valence-corrected chi connectivity index (χ0v) is 25.2. The minimum Gasteiger partial charge on any atom is -0.461 e. The van der Waals surface area contributed by atoms with Crippen molar-refractivity contribution in [2.75, 3.05) is 56.2 Å². The van der Waals surface area contributed by atoms with Crippen molar-refractivity contribution in [1.82, 2.24) is 19.8 Å². The van der Waals surface area contributed by atoms with Crippen molar-refractivity contribution in [3.05, 3.63) is 65.3 Å². The highest BCUT2D eigenvalue weighted by Gasteiger charge is 2.45. The van der Waals surface area contributed by atoms with Gasteiger partial charge >= 0.3 is 6.01 Å². The summed E-state index contributed by atoms with van der Waals surface area (Å²) in [5, 5.41) is 2.97. The number of likely N-dealkylation sites (tertiary alicyclic amines) is 1. The van der Waals surface area contributed by atoms with Crippen LogP contribution in [0.1, 0.15) is 43.4 Å². The second-order valence-corrected chi connectivity index (χ2v) is 12.7. The Balaban J connectivity index is 1.22. The molecule has 3 saturated heterocycles. The van der Waals surface area contributed by atoms with Crippen LogP contribution in [0.4, 0.5) is 11.5 Å². The number of benzene rings is 2. The minimum absolute atomic E-state index is 0.0130. The van der Waals surface area contributed by atoms with Gasteiger partial charge in [-0.1, -0.05) is 42.4 Å². The number of aromatic nitrogens is 2. The standard InChI is InChI=1S/C33H39ClN6O2/c1-3-29(41)39-18-12-24(20-39)37(2)31-25-13-19-38(28-11-5-9-23-8-4-10-26(34)30(23)28)21-27(25)35-32(36-31)42-22-33-14-6-16-40(33)17-7-15-33/h3-5,8-11,24H,1,6-7,12-22H2,2H3. The van der Waals surface area contributed by atoms with Crippen molar-refractivity contribution in [3.63, 3.8) is 0 Å². The molecule has 9 heteroatoms. The number of fused-ring (bicyclic) bond motifs is 3. The third-order valence-electron chi connectivity index (χ3n) is 10.0. The largest absolute Gasteiger partial charge is 0.461 e. The molecular formula is C33H39ClN6O2. The molecule has 0 aliphatic carbocycles. The molecule has 8 nitrogen and oxygen atoms in total. The lowest BCUT2D eigenvalue weighted by molar-refractivity contribution is -0.125. The maximum absolute atomic E-state index is 12.3. The van der Waals surface area contributed by atoms with Gasteiger partial charge in [0, 0.05) is 49.4 Å². The summed E-state index contributed by atoms with van der Waals surface area (Å²) in [5.74, 6) is 0.914. The van der Waals surface area contributed by atoms with Gasteiger partial charge in [-0.05, 0) is 75.2 Å². The fourth-order valence-electron chi connectivity index (χ4n) is 7.71. The summed E-state index contributed by atoms with van der Waals surface area (Å²) in [5.41, 5.74) is 3.41. The summed E-state index contributed by atoms with van der Waals surface area (Å²) < 4.78 is 6.51. The van der Waals surface area contributed by atoms with Crippen molar-refractivity contribution in [3.8, 4) is 6.01 Å². The first-order valence-corrected chi connectivity index (χ1v) is 15.7. The average Bonchev–Trinajstić information content (AvgIpc) is 3.75. The van der Waals surface area contributed by atoms with Crippen LogP contribution in [0.2, 0.25) is 5.02 Å². The number of rotatable bonds is 7. The molecule has 1 aromatic heterocycles. The van der Waals surface area contributed by atoms with E-state index >= 15 is 0 Å². The predicted octanol–water partition coefficient (Wildman–Crippen LogP) is 5.08. The zero-order chi connectivity index (χ0) is 28.8. The first kappa shape index (κ1) is 27.5. The Labute approximate surface area is 252 Å². The highest BCUT2D eigenvalue weighted by molar-refractivity contribution is 6.36. The van der Waals surface area contributed by atoms with Gasteiger partial charge in [0.1, 0.15) is 12.4 Å². The van der Waals surface area contributed by atoms with Crippen molar-refractivity contribution in [2.24, 2.45) is 0 Å². The quantitative estimate of drug-likeness (QED) is 0.358. The van der Waals surface area contributed by atoms with Crippen LogP contribution in [0.15, 0.2) is 49.1 Å². The van der Waals surface area contributed by atoms with Crippen LogP contribution in [-0.2, 0) is 17.8 Å². The Bertz CT molecular complexity index is 1510. The number of anilines is 2. The number of hydrogen-bond acceptors (Lipinski definition) is 7. The van der Waals surface area contributed by atoms with E-state index in [-0.39, 0.29) is 17.5 Å². The fraction of sp³-hybridized carbons (Fsp3) is 0.485. The molecule has 0 radical (unpaired) electrons. The van der Waals surface area contributed by atoms with Gasteiger partial charge in [-0.25, -0.2) is 0 Å². The van der Waals surface area contributed by atoms with E-state index in [1.165, 1.54) is 37.3 Å². The van der Waals surface area contributed by atoms with Gasteiger partial charge in [-0.3, -0.25) is 9.69 Å². The predicted molar refractivity (Wildman–Crippen MR) is 168 cm³/mol. The van der Waals surface area contributed by atoms with Gasteiger partial charge in [0.05, 0.1) is 22.8 Å². The number of halogens is 1. The first-order chi connectivity index (χ1) is 20.5. The Morgan fingerprint density at radius 3 is 2.71 bits per heavy atom. The van der Waals surface area contributed by atoms with Crippen LogP contribution in [0, 0.1) is 0 Å². The number of nitrogens with zero attached hydrogens (tertiary/aromatic N) is 6. The molecule has 1 atom stereocenters. The summed E-state index contributed by atoms with van der Waals surface area (Å²) in [6.07, 6.45) is 7.92. The molecule has 2 aromatic carbocycles. The summed E-state index contributed by atoms with van der Waals surface area (Å²) in [6, 6.07) is 13.1. The molecule has 4 aliphatic heterocycles. The molecule has 4 aliphatic rings. The Kier molecular flexibility index (Phi) is 7.22. The van der Waals surface area contributed by atoms with Gasteiger partial charge in [-0.2, -0.15) is 9.97 Å². The number of likely N-dealkylation sites (N-methyl/N-ethyl adjacent to an activating group) is 1. The fourth-order valence-corrected chi connectivity index (χ4v) is 7.99. The van der Waals surface area contributed by atoms with Crippen LogP contribution in [-0.4, -0.2) is 83.6 Å². The number of ether oxygens (including phenoxy) is 1. The van der Waals surface area contributed by atoms with E-state index in [0.29, 0.717) is 25.7 Å². The second-order valence-electron chi connectivity index (χ2n) is 12.3. The Hall–Kier alpha value is -3.36. The third kappa shape index (κ3) is 4.78. The van der Waals surface area contributed by atoms with E-state index in [1.54, 1.807) is 0 Å². The zero-order valence-electron chi connectivity index (χ0n) is 24.4. The highest BCUT2D eigenvalue weighted by Crippen LogP contribution is 2.40. The highest BCUT2D eigenvalue weighted by atomic mass is 35.5. The van der Waals surface area contributed by atoms with Gasteiger partial charge in [-0.15, -0.1) is 0 Å². The van der Waals surface area contributed by atoms with E-state index in [2.05, 4.69) is 52.6 Å². The molecule has 0 spiro atoms. The topological polar surface area (TPSA) is 65.0 Å². The van der Waals surface area contributed by atoms with E-state index in [9.17, 15) is 4.79 Å². The van der Waals surface area contributed by atoms with Crippen molar-refractivity contribution < 1.29 is 9.53 Å². The third-order valence-corrected chi connectivity index (χ3v) is 10.3. The van der Waals surface area contributed by atoms with Gasteiger partial charge in [0.25, 0.3) is 0 Å². The van der Waals surface area contributed by atoms with Crippen molar-refractivity contribution in [1.29, 1.82) is 0 Å². The van der Waals surface area contributed by atoms with Crippen LogP contribution >= 0.6 is 11.6 Å².